The molecule has 2 aliphatic rings. The second-order valence-electron chi connectivity index (χ2n) is 6.29. The van der Waals surface area contributed by atoms with Crippen LogP contribution in [0.15, 0.2) is 12.2 Å². The molecule has 2 atom stereocenters. The van der Waals surface area contributed by atoms with Gasteiger partial charge >= 0.3 is 0 Å². The molecule has 13 heavy (non-hydrogen) atoms. The first-order chi connectivity index (χ1) is 5.93. The number of hydrogen-bond acceptors (Lipinski definition) is 0. The lowest BCUT2D eigenvalue weighted by molar-refractivity contribution is 0.213. The van der Waals surface area contributed by atoms with Crippen molar-refractivity contribution >= 4 is 0 Å². The van der Waals surface area contributed by atoms with Crippen molar-refractivity contribution in [3.05, 3.63) is 12.2 Å². The van der Waals surface area contributed by atoms with Crippen LogP contribution in [0.2, 0.25) is 0 Å². The number of rotatable bonds is 0. The summed E-state index contributed by atoms with van der Waals surface area (Å²) in [5.41, 5.74) is 1.10. The summed E-state index contributed by atoms with van der Waals surface area (Å²) in [7, 11) is 0. The Morgan fingerprint density at radius 1 is 1.08 bits per heavy atom. The van der Waals surface area contributed by atoms with Gasteiger partial charge in [-0.1, -0.05) is 39.8 Å². The molecule has 2 rings (SSSR count). The standard InChI is InChI=1S/C13H22/c1-12(2)9-13(3,4)11-8-6-5-7-10(11)12/h5,7,10-11H,6,8-9H2,1-4H3. The third-order valence-electron chi connectivity index (χ3n) is 4.24. The summed E-state index contributed by atoms with van der Waals surface area (Å²) in [4.78, 5) is 0. The van der Waals surface area contributed by atoms with Crippen LogP contribution in [0.3, 0.4) is 0 Å². The molecule has 0 heterocycles. The predicted octanol–water partition coefficient (Wildman–Crippen LogP) is 4.02. The first-order valence-electron chi connectivity index (χ1n) is 5.60. The van der Waals surface area contributed by atoms with Crippen molar-refractivity contribution in [3.63, 3.8) is 0 Å². The molecule has 0 N–H and O–H groups in total. The second kappa shape index (κ2) is 2.62. The predicted molar refractivity (Wildman–Crippen MR) is 57.5 cm³/mol. The van der Waals surface area contributed by atoms with E-state index in [2.05, 4.69) is 39.8 Å². The van der Waals surface area contributed by atoms with E-state index in [9.17, 15) is 0 Å². The second-order valence-corrected chi connectivity index (χ2v) is 6.29. The average molecular weight is 178 g/mol. The molecule has 2 aliphatic carbocycles. The summed E-state index contributed by atoms with van der Waals surface area (Å²) >= 11 is 0. The minimum Gasteiger partial charge on any atom is -0.0882 e. The van der Waals surface area contributed by atoms with Gasteiger partial charge in [-0.2, -0.15) is 0 Å². The van der Waals surface area contributed by atoms with Crippen LogP contribution in [0.25, 0.3) is 0 Å². The van der Waals surface area contributed by atoms with Crippen LogP contribution in [-0.2, 0) is 0 Å². The molecular weight excluding hydrogens is 156 g/mol. The lowest BCUT2D eigenvalue weighted by Crippen LogP contribution is -2.25. The van der Waals surface area contributed by atoms with Crippen molar-refractivity contribution in [1.82, 2.24) is 0 Å². The van der Waals surface area contributed by atoms with E-state index in [1.54, 1.807) is 0 Å². The molecule has 0 aromatic rings. The Labute approximate surface area is 82.4 Å². The molecule has 1 saturated carbocycles. The van der Waals surface area contributed by atoms with E-state index in [4.69, 9.17) is 0 Å². The van der Waals surface area contributed by atoms with Gasteiger partial charge in [0, 0.05) is 0 Å². The van der Waals surface area contributed by atoms with E-state index < -0.39 is 0 Å². The van der Waals surface area contributed by atoms with Crippen molar-refractivity contribution in [2.45, 2.75) is 47.0 Å². The van der Waals surface area contributed by atoms with Gasteiger partial charge in [0.15, 0.2) is 0 Å². The van der Waals surface area contributed by atoms with Crippen LogP contribution in [0.4, 0.5) is 0 Å². The molecule has 0 heteroatoms. The Morgan fingerprint density at radius 2 is 1.77 bits per heavy atom. The van der Waals surface area contributed by atoms with Crippen molar-refractivity contribution in [2.75, 3.05) is 0 Å². The highest BCUT2D eigenvalue weighted by Crippen LogP contribution is 2.59. The van der Waals surface area contributed by atoms with Crippen LogP contribution >= 0.6 is 0 Å². The van der Waals surface area contributed by atoms with E-state index >= 15 is 0 Å². The van der Waals surface area contributed by atoms with Gasteiger partial charge in [0.2, 0.25) is 0 Å². The molecule has 74 valence electrons. The molecule has 0 aliphatic heterocycles. The maximum atomic E-state index is 2.49. The first kappa shape index (κ1) is 9.30. The molecule has 0 bridgehead atoms. The Hall–Kier alpha value is -0.260. The van der Waals surface area contributed by atoms with Gasteiger partial charge in [0.05, 0.1) is 0 Å². The van der Waals surface area contributed by atoms with E-state index in [1.807, 2.05) is 0 Å². The third kappa shape index (κ3) is 1.35. The Balaban J connectivity index is 2.34. The zero-order valence-electron chi connectivity index (χ0n) is 9.43. The Bertz CT molecular complexity index is 232. The Morgan fingerprint density at radius 3 is 2.38 bits per heavy atom. The summed E-state index contributed by atoms with van der Waals surface area (Å²) in [6.45, 7) is 9.79. The molecular formula is C13H22. The van der Waals surface area contributed by atoms with Crippen molar-refractivity contribution < 1.29 is 0 Å². The van der Waals surface area contributed by atoms with Crippen LogP contribution in [-0.4, -0.2) is 0 Å². The van der Waals surface area contributed by atoms with Crippen LogP contribution in [0.1, 0.15) is 47.0 Å². The highest BCUT2D eigenvalue weighted by atomic mass is 14.6. The van der Waals surface area contributed by atoms with Crippen molar-refractivity contribution in [3.8, 4) is 0 Å². The minimum absolute atomic E-state index is 0.533. The smallest absolute Gasteiger partial charge is 0.0148 e. The lowest BCUT2D eigenvalue weighted by atomic mass is 9.72. The van der Waals surface area contributed by atoms with Gasteiger partial charge in [-0.05, 0) is 41.9 Å². The van der Waals surface area contributed by atoms with E-state index in [1.165, 1.54) is 19.3 Å². The molecule has 0 radical (unpaired) electrons. The fourth-order valence-electron chi connectivity index (χ4n) is 3.94. The van der Waals surface area contributed by atoms with Gasteiger partial charge in [-0.3, -0.25) is 0 Å². The van der Waals surface area contributed by atoms with Crippen LogP contribution < -0.4 is 0 Å². The fraction of sp³-hybridized carbons (Fsp3) is 0.846. The molecule has 0 nitrogen and oxygen atoms in total. The molecule has 1 fully saturated rings. The Kier molecular flexibility index (Phi) is 1.87. The van der Waals surface area contributed by atoms with Gasteiger partial charge in [-0.15, -0.1) is 0 Å². The summed E-state index contributed by atoms with van der Waals surface area (Å²) < 4.78 is 0. The van der Waals surface area contributed by atoms with Gasteiger partial charge in [0.25, 0.3) is 0 Å². The fourth-order valence-corrected chi connectivity index (χ4v) is 3.94. The highest BCUT2D eigenvalue weighted by Gasteiger charge is 2.51. The third-order valence-corrected chi connectivity index (χ3v) is 4.24. The first-order valence-corrected chi connectivity index (χ1v) is 5.60. The summed E-state index contributed by atoms with van der Waals surface area (Å²) in [6.07, 6.45) is 8.99. The number of fused-ring (bicyclic) bond motifs is 1. The summed E-state index contributed by atoms with van der Waals surface area (Å²) in [6, 6.07) is 0. The van der Waals surface area contributed by atoms with Crippen molar-refractivity contribution in [2.24, 2.45) is 22.7 Å². The quantitative estimate of drug-likeness (QED) is 0.491. The van der Waals surface area contributed by atoms with Crippen molar-refractivity contribution in [1.29, 1.82) is 0 Å². The maximum absolute atomic E-state index is 2.49. The van der Waals surface area contributed by atoms with E-state index in [-0.39, 0.29) is 0 Å². The van der Waals surface area contributed by atoms with Gasteiger partial charge < -0.3 is 0 Å². The number of hydrogen-bond donors (Lipinski definition) is 0. The van der Waals surface area contributed by atoms with Crippen LogP contribution in [0, 0.1) is 22.7 Å². The molecule has 0 saturated heterocycles. The molecule has 0 aromatic carbocycles. The molecule has 0 spiro atoms. The largest absolute Gasteiger partial charge is 0.0882 e. The molecule has 2 unspecified atom stereocenters. The molecule has 0 amide bonds. The van der Waals surface area contributed by atoms with E-state index in [0.29, 0.717) is 10.8 Å². The van der Waals surface area contributed by atoms with Gasteiger partial charge in [-0.25, -0.2) is 0 Å². The zero-order chi connectivity index (χ0) is 9.69. The zero-order valence-corrected chi connectivity index (χ0v) is 9.43. The maximum Gasteiger partial charge on any atom is -0.0148 e. The van der Waals surface area contributed by atoms with Gasteiger partial charge in [0.1, 0.15) is 0 Å². The minimum atomic E-state index is 0.533. The lowest BCUT2D eigenvalue weighted by Gasteiger charge is -2.33. The monoisotopic (exact) mass is 178 g/mol. The number of allylic oxidation sites excluding steroid dienone is 2. The van der Waals surface area contributed by atoms with Crippen LogP contribution in [0.5, 0.6) is 0 Å². The topological polar surface area (TPSA) is 0 Å². The van der Waals surface area contributed by atoms with E-state index in [0.717, 1.165) is 11.8 Å². The summed E-state index contributed by atoms with van der Waals surface area (Å²) in [5.74, 6) is 1.78. The highest BCUT2D eigenvalue weighted by molar-refractivity contribution is 5.11. The molecule has 0 aromatic heterocycles. The average Bonchev–Trinajstić information content (AvgIpc) is 2.20. The summed E-state index contributed by atoms with van der Waals surface area (Å²) in [5, 5.41) is 0. The normalized spacial score (nSPS) is 40.3. The SMILES string of the molecule is CC1(C)CC(C)(C)C2CCC=CC21.